The first kappa shape index (κ1) is 10.5. The van der Waals surface area contributed by atoms with Gasteiger partial charge in [-0.25, -0.2) is 4.98 Å². The van der Waals surface area contributed by atoms with Crippen LogP contribution in [0.1, 0.15) is 12.7 Å². The van der Waals surface area contributed by atoms with E-state index in [1.807, 2.05) is 18.2 Å². The van der Waals surface area contributed by atoms with Gasteiger partial charge < -0.3 is 10.3 Å². The molecule has 0 aliphatic carbocycles. The Morgan fingerprint density at radius 2 is 2.27 bits per heavy atom. The van der Waals surface area contributed by atoms with E-state index in [0.717, 1.165) is 34.8 Å². The first-order valence-corrected chi connectivity index (χ1v) is 5.48. The number of benzene rings is 1. The van der Waals surface area contributed by atoms with Crippen molar-refractivity contribution in [2.24, 2.45) is 5.73 Å². The minimum atomic E-state index is 0.626. The maximum atomic E-state index is 5.93. The fourth-order valence-electron chi connectivity index (χ4n) is 1.80. The Morgan fingerprint density at radius 3 is 2.93 bits per heavy atom. The number of nitrogens with zero attached hydrogens (tertiary/aromatic N) is 2. The van der Waals surface area contributed by atoms with Crippen molar-refractivity contribution in [3.63, 3.8) is 0 Å². The zero-order valence-electron chi connectivity index (χ0n) is 8.70. The van der Waals surface area contributed by atoms with Crippen LogP contribution in [0.4, 0.5) is 0 Å². The monoisotopic (exact) mass is 223 g/mol. The van der Waals surface area contributed by atoms with Crippen LogP contribution in [0.25, 0.3) is 11.0 Å². The molecule has 0 saturated heterocycles. The van der Waals surface area contributed by atoms with E-state index in [9.17, 15) is 0 Å². The summed E-state index contributed by atoms with van der Waals surface area (Å²) >= 11 is 5.93. The second-order valence-corrected chi connectivity index (χ2v) is 3.89. The van der Waals surface area contributed by atoms with E-state index in [-0.39, 0.29) is 0 Å². The number of hydrogen-bond donors (Lipinski definition) is 1. The Bertz CT molecular complexity index is 476. The lowest BCUT2D eigenvalue weighted by atomic mass is 10.3. The molecule has 0 spiro atoms. The first-order chi connectivity index (χ1) is 7.26. The average Bonchev–Trinajstić information content (AvgIpc) is 2.56. The normalized spacial score (nSPS) is 11.1. The van der Waals surface area contributed by atoms with Crippen LogP contribution in [0.5, 0.6) is 0 Å². The standard InChI is InChI=1S/C11H14ClN3/c1-2-11-14-9-7-8(12)3-4-10(9)15(11)6-5-13/h3-4,7H,2,5-6,13H2,1H3. The number of imidazole rings is 1. The highest BCUT2D eigenvalue weighted by Gasteiger charge is 2.08. The molecule has 80 valence electrons. The third-order valence-corrected chi connectivity index (χ3v) is 2.69. The van der Waals surface area contributed by atoms with Crippen molar-refractivity contribution in [2.45, 2.75) is 19.9 Å². The molecule has 0 saturated carbocycles. The van der Waals surface area contributed by atoms with Crippen LogP contribution in [-0.2, 0) is 13.0 Å². The highest BCUT2D eigenvalue weighted by Crippen LogP contribution is 2.20. The molecular weight excluding hydrogens is 210 g/mol. The number of fused-ring (bicyclic) bond motifs is 1. The van der Waals surface area contributed by atoms with Gasteiger partial charge in [0.2, 0.25) is 0 Å². The third-order valence-electron chi connectivity index (χ3n) is 2.46. The van der Waals surface area contributed by atoms with Gasteiger partial charge in [0, 0.05) is 24.5 Å². The number of halogens is 1. The maximum absolute atomic E-state index is 5.93. The number of aryl methyl sites for hydroxylation is 1. The van der Waals surface area contributed by atoms with Crippen molar-refractivity contribution in [3.8, 4) is 0 Å². The second kappa shape index (κ2) is 4.21. The van der Waals surface area contributed by atoms with Gasteiger partial charge in [-0.2, -0.15) is 0 Å². The van der Waals surface area contributed by atoms with Crippen LogP contribution < -0.4 is 5.73 Å². The van der Waals surface area contributed by atoms with Crippen molar-refractivity contribution in [1.82, 2.24) is 9.55 Å². The van der Waals surface area contributed by atoms with Crippen molar-refractivity contribution in [2.75, 3.05) is 6.54 Å². The summed E-state index contributed by atoms with van der Waals surface area (Å²) in [6, 6.07) is 5.78. The molecule has 0 aliphatic heterocycles. The smallest absolute Gasteiger partial charge is 0.109 e. The van der Waals surface area contributed by atoms with Crippen LogP contribution in [0.15, 0.2) is 18.2 Å². The Kier molecular flexibility index (Phi) is 2.93. The summed E-state index contributed by atoms with van der Waals surface area (Å²) in [7, 11) is 0. The lowest BCUT2D eigenvalue weighted by Gasteiger charge is -2.05. The van der Waals surface area contributed by atoms with E-state index in [4.69, 9.17) is 17.3 Å². The van der Waals surface area contributed by atoms with Gasteiger partial charge in [-0.1, -0.05) is 18.5 Å². The lowest BCUT2D eigenvalue weighted by molar-refractivity contribution is 0.684. The molecule has 1 aromatic heterocycles. The van der Waals surface area contributed by atoms with Gasteiger partial charge in [-0.05, 0) is 18.2 Å². The van der Waals surface area contributed by atoms with Crippen LogP contribution in [-0.4, -0.2) is 16.1 Å². The molecular formula is C11H14ClN3. The van der Waals surface area contributed by atoms with E-state index >= 15 is 0 Å². The summed E-state index contributed by atoms with van der Waals surface area (Å²) in [6.07, 6.45) is 0.909. The summed E-state index contributed by atoms with van der Waals surface area (Å²) < 4.78 is 2.16. The Balaban J connectivity index is 2.63. The van der Waals surface area contributed by atoms with E-state index < -0.39 is 0 Å². The second-order valence-electron chi connectivity index (χ2n) is 3.45. The SMILES string of the molecule is CCc1nc2cc(Cl)ccc2n1CCN. The van der Waals surface area contributed by atoms with E-state index in [2.05, 4.69) is 16.5 Å². The minimum absolute atomic E-state index is 0.626. The quantitative estimate of drug-likeness (QED) is 0.867. The van der Waals surface area contributed by atoms with Crippen molar-refractivity contribution >= 4 is 22.6 Å². The summed E-state index contributed by atoms with van der Waals surface area (Å²) in [4.78, 5) is 4.53. The highest BCUT2D eigenvalue weighted by atomic mass is 35.5. The number of aromatic nitrogens is 2. The Hall–Kier alpha value is -1.06. The molecule has 0 radical (unpaired) electrons. The fourth-order valence-corrected chi connectivity index (χ4v) is 1.97. The van der Waals surface area contributed by atoms with Gasteiger partial charge in [0.15, 0.2) is 0 Å². The summed E-state index contributed by atoms with van der Waals surface area (Å²) in [6.45, 7) is 3.53. The molecule has 0 bridgehead atoms. The van der Waals surface area contributed by atoms with Crippen molar-refractivity contribution < 1.29 is 0 Å². The molecule has 3 nitrogen and oxygen atoms in total. The van der Waals surface area contributed by atoms with Gasteiger partial charge in [-0.3, -0.25) is 0 Å². The number of hydrogen-bond acceptors (Lipinski definition) is 2. The Morgan fingerprint density at radius 1 is 1.47 bits per heavy atom. The molecule has 2 aromatic rings. The molecule has 4 heteroatoms. The molecule has 0 unspecified atom stereocenters. The fraction of sp³-hybridized carbons (Fsp3) is 0.364. The predicted octanol–water partition coefficient (Wildman–Crippen LogP) is 2.21. The first-order valence-electron chi connectivity index (χ1n) is 5.11. The zero-order valence-corrected chi connectivity index (χ0v) is 9.46. The van der Waals surface area contributed by atoms with Crippen LogP contribution in [0.3, 0.4) is 0 Å². The summed E-state index contributed by atoms with van der Waals surface area (Å²) in [5.41, 5.74) is 7.65. The summed E-state index contributed by atoms with van der Waals surface area (Å²) in [5, 5.41) is 0.725. The highest BCUT2D eigenvalue weighted by molar-refractivity contribution is 6.31. The van der Waals surface area contributed by atoms with Crippen molar-refractivity contribution in [3.05, 3.63) is 29.0 Å². The number of nitrogens with two attached hydrogens (primary N) is 1. The molecule has 1 aromatic carbocycles. The average molecular weight is 224 g/mol. The van der Waals surface area contributed by atoms with Crippen LogP contribution in [0.2, 0.25) is 5.02 Å². The molecule has 0 amide bonds. The van der Waals surface area contributed by atoms with Gasteiger partial charge in [0.05, 0.1) is 11.0 Å². The molecule has 0 fully saturated rings. The minimum Gasteiger partial charge on any atom is -0.329 e. The van der Waals surface area contributed by atoms with Gasteiger partial charge in [-0.15, -0.1) is 0 Å². The van der Waals surface area contributed by atoms with Crippen molar-refractivity contribution in [1.29, 1.82) is 0 Å². The molecule has 2 rings (SSSR count). The van der Waals surface area contributed by atoms with Gasteiger partial charge in [0.1, 0.15) is 5.82 Å². The number of rotatable bonds is 3. The zero-order chi connectivity index (χ0) is 10.8. The third kappa shape index (κ3) is 1.85. The lowest BCUT2D eigenvalue weighted by Crippen LogP contribution is -2.12. The van der Waals surface area contributed by atoms with Crippen LogP contribution in [0, 0.1) is 0 Å². The van der Waals surface area contributed by atoms with E-state index in [0.29, 0.717) is 6.54 Å². The van der Waals surface area contributed by atoms with Gasteiger partial charge in [0.25, 0.3) is 0 Å². The van der Waals surface area contributed by atoms with E-state index in [1.165, 1.54) is 0 Å². The predicted molar refractivity (Wildman–Crippen MR) is 63.2 cm³/mol. The van der Waals surface area contributed by atoms with E-state index in [1.54, 1.807) is 0 Å². The maximum Gasteiger partial charge on any atom is 0.109 e. The van der Waals surface area contributed by atoms with Gasteiger partial charge >= 0.3 is 0 Å². The molecule has 1 heterocycles. The molecule has 2 N–H and O–H groups in total. The Labute approximate surface area is 93.9 Å². The largest absolute Gasteiger partial charge is 0.329 e. The van der Waals surface area contributed by atoms with Crippen LogP contribution >= 0.6 is 11.6 Å². The molecule has 0 aliphatic rings. The molecule has 15 heavy (non-hydrogen) atoms. The summed E-state index contributed by atoms with van der Waals surface area (Å²) in [5.74, 6) is 1.07. The molecule has 0 atom stereocenters. The topological polar surface area (TPSA) is 43.8 Å².